The van der Waals surface area contributed by atoms with Gasteiger partial charge in [0.2, 0.25) is 5.91 Å². The predicted molar refractivity (Wildman–Crippen MR) is 81.9 cm³/mol. The highest BCUT2D eigenvalue weighted by Gasteiger charge is 2.11. The summed E-state index contributed by atoms with van der Waals surface area (Å²) in [5, 5.41) is 11.6. The molecule has 5 nitrogen and oxygen atoms in total. The Morgan fingerprint density at radius 1 is 1.33 bits per heavy atom. The first-order valence-corrected chi connectivity index (χ1v) is 7.28. The molecule has 0 fully saturated rings. The predicted octanol–water partition coefficient (Wildman–Crippen LogP) is 3.57. The quantitative estimate of drug-likeness (QED) is 0.769. The van der Waals surface area contributed by atoms with E-state index in [9.17, 15) is 9.59 Å². The van der Waals surface area contributed by atoms with Crippen molar-refractivity contribution in [3.8, 4) is 5.75 Å². The molecule has 0 aliphatic heterocycles. The van der Waals surface area contributed by atoms with Crippen LogP contribution in [0.15, 0.2) is 18.2 Å². The van der Waals surface area contributed by atoms with Gasteiger partial charge in [-0.25, -0.2) is 4.79 Å². The minimum Gasteiger partial charge on any atom is -0.480 e. The summed E-state index contributed by atoms with van der Waals surface area (Å²) >= 11 is 5.99. The Bertz CT molecular complexity index is 500. The molecule has 0 spiro atoms. The Morgan fingerprint density at radius 3 is 2.52 bits per heavy atom. The van der Waals surface area contributed by atoms with Crippen molar-refractivity contribution in [1.82, 2.24) is 0 Å². The molecule has 116 valence electrons. The highest BCUT2D eigenvalue weighted by atomic mass is 35.5. The van der Waals surface area contributed by atoms with Crippen molar-refractivity contribution >= 4 is 29.2 Å². The fourth-order valence-electron chi connectivity index (χ4n) is 1.89. The maximum absolute atomic E-state index is 11.9. The number of rotatable bonds is 8. The number of hydrogen-bond acceptors (Lipinski definition) is 3. The number of benzene rings is 1. The lowest BCUT2D eigenvalue weighted by atomic mass is 9.99. The summed E-state index contributed by atoms with van der Waals surface area (Å²) in [6, 6.07) is 4.72. The monoisotopic (exact) mass is 313 g/mol. The van der Waals surface area contributed by atoms with Crippen LogP contribution in [0.25, 0.3) is 0 Å². The van der Waals surface area contributed by atoms with E-state index in [1.54, 1.807) is 12.1 Å². The van der Waals surface area contributed by atoms with Crippen molar-refractivity contribution < 1.29 is 19.4 Å². The molecule has 0 saturated heterocycles. The van der Waals surface area contributed by atoms with E-state index in [1.807, 2.05) is 0 Å². The molecule has 1 aromatic rings. The highest BCUT2D eigenvalue weighted by molar-refractivity contribution is 6.32. The van der Waals surface area contributed by atoms with E-state index >= 15 is 0 Å². The van der Waals surface area contributed by atoms with E-state index in [4.69, 9.17) is 21.4 Å². The Labute approximate surface area is 129 Å². The molecule has 0 aliphatic carbocycles. The molecule has 0 aliphatic rings. The SMILES string of the molecule is CCC(CC)CC(=O)Nc1ccc(OCC(=O)O)c(Cl)c1. The molecule has 1 aromatic carbocycles. The van der Waals surface area contributed by atoms with Crippen molar-refractivity contribution in [2.75, 3.05) is 11.9 Å². The van der Waals surface area contributed by atoms with Gasteiger partial charge in [0.1, 0.15) is 5.75 Å². The third-order valence-electron chi connectivity index (χ3n) is 3.20. The first kappa shape index (κ1) is 17.3. The first-order valence-electron chi connectivity index (χ1n) is 6.90. The topological polar surface area (TPSA) is 75.6 Å². The summed E-state index contributed by atoms with van der Waals surface area (Å²) in [4.78, 5) is 22.3. The van der Waals surface area contributed by atoms with Gasteiger partial charge in [0.05, 0.1) is 5.02 Å². The number of carbonyl (C=O) groups excluding carboxylic acids is 1. The second-order valence-electron chi connectivity index (χ2n) is 4.76. The molecule has 0 heterocycles. The van der Waals surface area contributed by atoms with Crippen LogP contribution in [0.1, 0.15) is 33.1 Å². The van der Waals surface area contributed by atoms with E-state index in [2.05, 4.69) is 19.2 Å². The summed E-state index contributed by atoms with van der Waals surface area (Å²) in [5.41, 5.74) is 0.568. The number of carbonyl (C=O) groups is 2. The third-order valence-corrected chi connectivity index (χ3v) is 3.49. The van der Waals surface area contributed by atoms with E-state index in [0.717, 1.165) is 12.8 Å². The molecular formula is C15H20ClNO4. The Hall–Kier alpha value is -1.75. The van der Waals surface area contributed by atoms with Crippen molar-refractivity contribution in [2.45, 2.75) is 33.1 Å². The van der Waals surface area contributed by atoms with Gasteiger partial charge in [-0.2, -0.15) is 0 Å². The van der Waals surface area contributed by atoms with E-state index in [0.29, 0.717) is 18.0 Å². The fourth-order valence-corrected chi connectivity index (χ4v) is 2.12. The van der Waals surface area contributed by atoms with Crippen molar-refractivity contribution in [3.63, 3.8) is 0 Å². The zero-order chi connectivity index (χ0) is 15.8. The number of aliphatic carboxylic acids is 1. The molecule has 1 rings (SSSR count). The zero-order valence-corrected chi connectivity index (χ0v) is 12.9. The number of hydrogen-bond donors (Lipinski definition) is 2. The molecular weight excluding hydrogens is 294 g/mol. The lowest BCUT2D eigenvalue weighted by Gasteiger charge is -2.13. The molecule has 2 N–H and O–H groups in total. The lowest BCUT2D eigenvalue weighted by Crippen LogP contribution is -2.16. The Kier molecular flexibility index (Phi) is 7.02. The van der Waals surface area contributed by atoms with E-state index in [-0.39, 0.29) is 16.7 Å². The van der Waals surface area contributed by atoms with Crippen LogP contribution in [0.4, 0.5) is 5.69 Å². The number of halogens is 1. The molecule has 0 atom stereocenters. The first-order chi connectivity index (χ1) is 9.96. The molecule has 0 unspecified atom stereocenters. The number of amides is 1. The largest absolute Gasteiger partial charge is 0.480 e. The average molecular weight is 314 g/mol. The van der Waals surface area contributed by atoms with Gasteiger partial charge in [-0.1, -0.05) is 38.3 Å². The number of ether oxygens (including phenoxy) is 1. The van der Waals surface area contributed by atoms with Gasteiger partial charge < -0.3 is 15.2 Å². The maximum Gasteiger partial charge on any atom is 0.341 e. The lowest BCUT2D eigenvalue weighted by molar-refractivity contribution is -0.139. The van der Waals surface area contributed by atoms with Crippen LogP contribution in [0.3, 0.4) is 0 Å². The molecule has 0 saturated carbocycles. The van der Waals surface area contributed by atoms with Gasteiger partial charge >= 0.3 is 5.97 Å². The number of anilines is 1. The van der Waals surface area contributed by atoms with Crippen LogP contribution >= 0.6 is 11.6 Å². The van der Waals surface area contributed by atoms with Crippen LogP contribution in [0.5, 0.6) is 5.75 Å². The molecule has 0 aromatic heterocycles. The minimum atomic E-state index is -1.08. The zero-order valence-electron chi connectivity index (χ0n) is 12.2. The van der Waals surface area contributed by atoms with E-state index < -0.39 is 12.6 Å². The summed E-state index contributed by atoms with van der Waals surface area (Å²) in [6.45, 7) is 3.67. The van der Waals surface area contributed by atoms with Gasteiger partial charge in [-0.3, -0.25) is 4.79 Å². The standard InChI is InChI=1S/C15H20ClNO4/c1-3-10(4-2)7-14(18)17-11-5-6-13(12(16)8-11)21-9-15(19)20/h5-6,8,10H,3-4,7,9H2,1-2H3,(H,17,18)(H,19,20). The smallest absolute Gasteiger partial charge is 0.341 e. The van der Waals surface area contributed by atoms with Gasteiger partial charge in [-0.05, 0) is 24.1 Å². The highest BCUT2D eigenvalue weighted by Crippen LogP contribution is 2.28. The van der Waals surface area contributed by atoms with Crippen LogP contribution < -0.4 is 10.1 Å². The van der Waals surface area contributed by atoms with Crippen molar-refractivity contribution in [1.29, 1.82) is 0 Å². The summed E-state index contributed by atoms with van der Waals surface area (Å²) in [5.74, 6) is -0.483. The van der Waals surface area contributed by atoms with E-state index in [1.165, 1.54) is 6.07 Å². The molecule has 1 amide bonds. The molecule has 6 heteroatoms. The summed E-state index contributed by atoms with van der Waals surface area (Å²) < 4.78 is 5.01. The summed E-state index contributed by atoms with van der Waals surface area (Å²) in [6.07, 6.45) is 2.40. The normalized spacial score (nSPS) is 10.5. The number of carboxylic acid groups (broad SMARTS) is 1. The van der Waals surface area contributed by atoms with Gasteiger partial charge in [0.15, 0.2) is 6.61 Å². The van der Waals surface area contributed by atoms with Gasteiger partial charge in [0.25, 0.3) is 0 Å². The van der Waals surface area contributed by atoms with Crippen LogP contribution in [-0.2, 0) is 9.59 Å². The molecule has 0 radical (unpaired) electrons. The third kappa shape index (κ3) is 6.04. The van der Waals surface area contributed by atoms with Crippen molar-refractivity contribution in [2.24, 2.45) is 5.92 Å². The summed E-state index contributed by atoms with van der Waals surface area (Å²) in [7, 11) is 0. The number of nitrogens with one attached hydrogen (secondary N) is 1. The minimum absolute atomic E-state index is 0.0565. The Morgan fingerprint density at radius 2 is 2.00 bits per heavy atom. The van der Waals surface area contributed by atoms with Crippen LogP contribution in [0.2, 0.25) is 5.02 Å². The maximum atomic E-state index is 11.9. The fraction of sp³-hybridized carbons (Fsp3) is 0.467. The second kappa shape index (κ2) is 8.52. The van der Waals surface area contributed by atoms with Crippen molar-refractivity contribution in [3.05, 3.63) is 23.2 Å². The van der Waals surface area contributed by atoms with Gasteiger partial charge in [-0.15, -0.1) is 0 Å². The Balaban J connectivity index is 2.62. The molecule has 21 heavy (non-hydrogen) atoms. The number of carboxylic acids is 1. The van der Waals surface area contributed by atoms with Crippen LogP contribution in [-0.4, -0.2) is 23.6 Å². The van der Waals surface area contributed by atoms with Crippen LogP contribution in [0, 0.1) is 5.92 Å². The average Bonchev–Trinajstić information content (AvgIpc) is 2.43. The van der Waals surface area contributed by atoms with Gasteiger partial charge in [0, 0.05) is 12.1 Å². The second-order valence-corrected chi connectivity index (χ2v) is 5.17. The molecule has 0 bridgehead atoms.